The predicted octanol–water partition coefficient (Wildman–Crippen LogP) is 3.10. The Hall–Kier alpha value is -3.89. The summed E-state index contributed by atoms with van der Waals surface area (Å²) >= 11 is 0. The van der Waals surface area contributed by atoms with Gasteiger partial charge in [-0.05, 0) is 81.2 Å². The minimum absolute atomic E-state index is 0.0149. The number of aromatic nitrogens is 2. The number of hydrogen-bond acceptors (Lipinski definition) is 7. The lowest BCUT2D eigenvalue weighted by Gasteiger charge is -2.57. The number of rotatable bonds is 11. The minimum atomic E-state index is -0.952. The van der Waals surface area contributed by atoms with Gasteiger partial charge >= 0.3 is 0 Å². The van der Waals surface area contributed by atoms with E-state index in [1.165, 1.54) is 0 Å². The number of benzene rings is 1. The van der Waals surface area contributed by atoms with Gasteiger partial charge in [0.1, 0.15) is 18.1 Å². The number of ether oxygens (including phenoxy) is 2. The molecule has 1 aromatic carbocycles. The fraction of sp³-hybridized carbons (Fsp3) is 0.433. The lowest BCUT2D eigenvalue weighted by molar-refractivity contribution is -0.0834. The maximum atomic E-state index is 13.0. The number of fused-ring (bicyclic) bond motifs is 1. The predicted molar refractivity (Wildman–Crippen MR) is 149 cm³/mol. The van der Waals surface area contributed by atoms with Crippen LogP contribution >= 0.6 is 0 Å². The van der Waals surface area contributed by atoms with Gasteiger partial charge in [-0.15, -0.1) is 0 Å². The summed E-state index contributed by atoms with van der Waals surface area (Å²) in [6.07, 6.45) is 11.0. The molecular formula is C30H36N4O6. The Morgan fingerprint density at radius 1 is 1.20 bits per heavy atom. The van der Waals surface area contributed by atoms with Gasteiger partial charge in [-0.25, -0.2) is 4.52 Å². The van der Waals surface area contributed by atoms with E-state index >= 15 is 0 Å². The van der Waals surface area contributed by atoms with Crippen molar-refractivity contribution in [2.75, 3.05) is 13.2 Å². The lowest BCUT2D eigenvalue weighted by Crippen LogP contribution is -2.58. The van der Waals surface area contributed by atoms with E-state index < -0.39 is 11.5 Å². The first-order valence-electron chi connectivity index (χ1n) is 13.6. The van der Waals surface area contributed by atoms with Gasteiger partial charge in [-0.3, -0.25) is 9.59 Å². The second-order valence-electron chi connectivity index (χ2n) is 11.6. The van der Waals surface area contributed by atoms with Crippen molar-refractivity contribution in [1.29, 1.82) is 0 Å². The zero-order chi connectivity index (χ0) is 28.5. The van der Waals surface area contributed by atoms with Gasteiger partial charge in [-0.1, -0.05) is 18.2 Å². The number of pyridine rings is 1. The Kier molecular flexibility index (Phi) is 7.57. The average molecular weight is 549 g/mol. The second kappa shape index (κ2) is 10.9. The molecule has 0 atom stereocenters. The molecule has 10 heteroatoms. The number of amides is 2. The van der Waals surface area contributed by atoms with E-state index in [-0.39, 0.29) is 36.7 Å². The third-order valence-corrected chi connectivity index (χ3v) is 7.51. The van der Waals surface area contributed by atoms with E-state index in [0.29, 0.717) is 34.6 Å². The highest BCUT2D eigenvalue weighted by Crippen LogP contribution is 2.57. The zero-order valence-corrected chi connectivity index (χ0v) is 22.8. The van der Waals surface area contributed by atoms with E-state index in [2.05, 4.69) is 10.4 Å². The third-order valence-electron chi connectivity index (χ3n) is 7.51. The molecule has 5 rings (SSSR count). The van der Waals surface area contributed by atoms with Crippen molar-refractivity contribution >= 4 is 23.4 Å². The van der Waals surface area contributed by atoms with Gasteiger partial charge in [0.2, 0.25) is 0 Å². The Morgan fingerprint density at radius 2 is 1.98 bits per heavy atom. The number of aliphatic hydroxyl groups excluding tert-OH is 1. The van der Waals surface area contributed by atoms with Crippen molar-refractivity contribution in [1.82, 2.24) is 14.9 Å². The number of nitrogens with zero attached hydrogens (tertiary/aromatic N) is 2. The van der Waals surface area contributed by atoms with Crippen LogP contribution in [0.15, 0.2) is 48.8 Å². The quantitative estimate of drug-likeness (QED) is 0.288. The Balaban J connectivity index is 1.13. The van der Waals surface area contributed by atoms with Crippen LogP contribution < -0.4 is 20.5 Å². The van der Waals surface area contributed by atoms with Crippen LogP contribution in [0.4, 0.5) is 0 Å². The van der Waals surface area contributed by atoms with Crippen molar-refractivity contribution in [3.8, 4) is 11.5 Å². The van der Waals surface area contributed by atoms with Gasteiger partial charge in [0.05, 0.1) is 40.7 Å². The van der Waals surface area contributed by atoms with Crippen LogP contribution in [0.1, 0.15) is 72.2 Å². The molecule has 2 aromatic heterocycles. The maximum absolute atomic E-state index is 13.0. The highest BCUT2D eigenvalue weighted by molar-refractivity contribution is 6.00. The average Bonchev–Trinajstić information content (AvgIpc) is 3.28. The van der Waals surface area contributed by atoms with Crippen LogP contribution in [0, 0.1) is 5.41 Å². The molecule has 0 unspecified atom stereocenters. The van der Waals surface area contributed by atoms with E-state index in [9.17, 15) is 14.7 Å². The van der Waals surface area contributed by atoms with Crippen LogP contribution in [-0.2, 0) is 0 Å². The normalized spacial score (nSPS) is 22.2. The molecule has 0 aliphatic heterocycles. The third kappa shape index (κ3) is 6.13. The van der Waals surface area contributed by atoms with Crippen molar-refractivity contribution < 1.29 is 29.3 Å². The number of nitrogens with two attached hydrogens (primary N) is 1. The fourth-order valence-electron chi connectivity index (χ4n) is 5.58. The van der Waals surface area contributed by atoms with Crippen molar-refractivity contribution in [2.45, 2.75) is 63.7 Å². The number of hydrogen-bond donors (Lipinski definition) is 4. The van der Waals surface area contributed by atoms with Crippen molar-refractivity contribution in [2.24, 2.45) is 11.1 Å². The Labute approximate surface area is 232 Å². The Morgan fingerprint density at radius 3 is 2.67 bits per heavy atom. The first kappa shape index (κ1) is 27.7. The molecule has 3 aromatic rings. The van der Waals surface area contributed by atoms with Crippen LogP contribution in [0.25, 0.3) is 11.6 Å². The molecule has 40 heavy (non-hydrogen) atoms. The molecule has 2 heterocycles. The monoisotopic (exact) mass is 548 g/mol. The first-order chi connectivity index (χ1) is 19.0. The van der Waals surface area contributed by atoms with E-state index in [0.717, 1.165) is 31.2 Å². The van der Waals surface area contributed by atoms with Gasteiger partial charge in [0, 0.05) is 12.6 Å². The van der Waals surface area contributed by atoms with Gasteiger partial charge in [-0.2, -0.15) is 5.10 Å². The number of aliphatic hydroxyl groups is 2. The zero-order valence-electron chi connectivity index (χ0n) is 22.8. The van der Waals surface area contributed by atoms with E-state index in [4.69, 9.17) is 20.3 Å². The summed E-state index contributed by atoms with van der Waals surface area (Å²) in [6, 6.07) is 8.91. The molecule has 212 valence electrons. The lowest BCUT2D eigenvalue weighted by atomic mass is 9.53. The molecule has 0 radical (unpaired) electrons. The number of carbonyl (C=O) groups is 2. The standard InChI is InChI=1S/C30H36N4O6/c1-29(2,38)18-39-21-7-9-25-24(16-32-34(25)17-21)28(37)33-20-12-30(13-20)14-22(15-30)40-26-11-19(5-3-4-10-35)6-8-23(26)27(31)36/h3,5-9,11,16-17,20,22,35,38H,4,10,12-15,18H2,1-2H3,(H2,31,36)(H,33,37)/b5-3+. The maximum Gasteiger partial charge on any atom is 0.255 e. The summed E-state index contributed by atoms with van der Waals surface area (Å²) in [6.45, 7) is 3.56. The summed E-state index contributed by atoms with van der Waals surface area (Å²) in [7, 11) is 0. The van der Waals surface area contributed by atoms with Crippen LogP contribution in [0.5, 0.6) is 11.5 Å². The van der Waals surface area contributed by atoms with E-state index in [1.807, 2.05) is 18.2 Å². The SMILES string of the molecule is CC(C)(O)COc1ccc2c(C(=O)NC3CC4(C3)CC(Oc3cc(/C=C/CCO)ccc3C(N)=O)C4)cnn2c1. The molecule has 2 aliphatic rings. The van der Waals surface area contributed by atoms with E-state index in [1.54, 1.807) is 55.0 Å². The summed E-state index contributed by atoms with van der Waals surface area (Å²) in [4.78, 5) is 24.9. The smallest absolute Gasteiger partial charge is 0.255 e. The van der Waals surface area contributed by atoms with Crippen LogP contribution in [-0.4, -0.2) is 62.6 Å². The summed E-state index contributed by atoms with van der Waals surface area (Å²) < 4.78 is 13.4. The number of primary amides is 1. The molecule has 2 aliphatic carbocycles. The molecule has 2 amide bonds. The number of nitrogens with one attached hydrogen (secondary N) is 1. The molecular weight excluding hydrogens is 512 g/mol. The van der Waals surface area contributed by atoms with Crippen LogP contribution in [0.2, 0.25) is 0 Å². The molecule has 2 fully saturated rings. The molecule has 2 saturated carbocycles. The summed E-state index contributed by atoms with van der Waals surface area (Å²) in [5.74, 6) is 0.334. The second-order valence-corrected chi connectivity index (χ2v) is 11.6. The van der Waals surface area contributed by atoms with Crippen molar-refractivity contribution in [3.63, 3.8) is 0 Å². The highest BCUT2D eigenvalue weighted by Gasteiger charge is 2.54. The topological polar surface area (TPSA) is 148 Å². The molecule has 5 N–H and O–H groups in total. The minimum Gasteiger partial charge on any atom is -0.490 e. The molecule has 1 spiro atoms. The number of carbonyl (C=O) groups excluding carboxylic acids is 2. The first-order valence-corrected chi connectivity index (χ1v) is 13.6. The molecule has 0 bridgehead atoms. The summed E-state index contributed by atoms with van der Waals surface area (Å²) in [5, 5.41) is 26.3. The molecule has 10 nitrogen and oxygen atoms in total. The van der Waals surface area contributed by atoms with Crippen molar-refractivity contribution in [3.05, 3.63) is 65.5 Å². The molecule has 0 saturated heterocycles. The largest absolute Gasteiger partial charge is 0.490 e. The Bertz CT molecular complexity index is 1430. The van der Waals surface area contributed by atoms with Crippen LogP contribution in [0.3, 0.4) is 0 Å². The van der Waals surface area contributed by atoms with Gasteiger partial charge in [0.15, 0.2) is 0 Å². The fourth-order valence-corrected chi connectivity index (χ4v) is 5.58. The highest BCUT2D eigenvalue weighted by atomic mass is 16.5. The summed E-state index contributed by atoms with van der Waals surface area (Å²) in [5.41, 5.74) is 7.15. The van der Waals surface area contributed by atoms with Gasteiger partial charge in [0.25, 0.3) is 11.8 Å². The van der Waals surface area contributed by atoms with Gasteiger partial charge < -0.3 is 30.7 Å².